The van der Waals surface area contributed by atoms with E-state index in [0.717, 1.165) is 12.1 Å². The van der Waals surface area contributed by atoms with Gasteiger partial charge in [-0.2, -0.15) is 13.2 Å². The number of H-pyrrole nitrogens is 1. The summed E-state index contributed by atoms with van der Waals surface area (Å²) < 4.78 is 51.8. The van der Waals surface area contributed by atoms with Gasteiger partial charge in [0.25, 0.3) is 0 Å². The largest absolute Gasteiger partial charge is 0.507 e. The highest BCUT2D eigenvalue weighted by molar-refractivity contribution is 5.99. The molecule has 8 nitrogen and oxygen atoms in total. The summed E-state index contributed by atoms with van der Waals surface area (Å²) in [5.74, 6) is 0.405. The normalized spacial score (nSPS) is 11.4. The van der Waals surface area contributed by atoms with Crippen molar-refractivity contribution in [3.63, 3.8) is 0 Å². The number of benzene rings is 3. The first-order valence-electron chi connectivity index (χ1n) is 10.9. The maximum Gasteiger partial charge on any atom is 0.416 e. The fraction of sp³-hybridized carbons (Fsp3) is 0.200. The van der Waals surface area contributed by atoms with Crippen molar-refractivity contribution in [1.82, 2.24) is 20.6 Å². The Bertz CT molecular complexity index is 1390. The lowest BCUT2D eigenvalue weighted by molar-refractivity contribution is -0.137. The summed E-state index contributed by atoms with van der Waals surface area (Å²) in [6, 6.07) is 13.0. The van der Waals surface area contributed by atoms with Crippen molar-refractivity contribution in [2.75, 3.05) is 0 Å². The van der Waals surface area contributed by atoms with Gasteiger partial charge < -0.3 is 14.6 Å². The number of aromatic nitrogens is 4. The van der Waals surface area contributed by atoms with E-state index in [9.17, 15) is 23.1 Å². The van der Waals surface area contributed by atoms with Gasteiger partial charge in [-0.05, 0) is 65.4 Å². The third kappa shape index (κ3) is 5.45. The second kappa shape index (κ2) is 10.1. The van der Waals surface area contributed by atoms with Crippen LogP contribution in [0, 0.1) is 6.92 Å². The molecule has 0 radical (unpaired) electrons. The number of hydrogen-bond donors (Lipinski definition) is 2. The van der Waals surface area contributed by atoms with Crippen LogP contribution in [-0.4, -0.2) is 31.5 Å². The Morgan fingerprint density at radius 1 is 1.08 bits per heavy atom. The number of nitrogens with one attached hydrogen (secondary N) is 1. The summed E-state index contributed by atoms with van der Waals surface area (Å²) in [7, 11) is 0. The molecule has 0 atom stereocenters. The van der Waals surface area contributed by atoms with Crippen LogP contribution in [0.1, 0.15) is 40.4 Å². The predicted molar refractivity (Wildman–Crippen MR) is 123 cm³/mol. The SMILES string of the molecule is CCC(=O)c1ccc(OCc2cccc(Oc3cc(-c4nnn[nH]4)cc(C(F)(F)F)c3)c2)c(C)c1O. The van der Waals surface area contributed by atoms with E-state index in [1.165, 1.54) is 12.1 Å². The highest BCUT2D eigenvalue weighted by Crippen LogP contribution is 2.36. The molecule has 0 saturated heterocycles. The molecule has 0 aliphatic rings. The van der Waals surface area contributed by atoms with Crippen LogP contribution >= 0.6 is 0 Å². The first-order valence-corrected chi connectivity index (χ1v) is 10.9. The van der Waals surface area contributed by atoms with Gasteiger partial charge in [-0.3, -0.25) is 4.79 Å². The summed E-state index contributed by atoms with van der Waals surface area (Å²) in [5.41, 5.74) is 0.543. The molecule has 1 heterocycles. The minimum Gasteiger partial charge on any atom is -0.507 e. The second-order valence-corrected chi connectivity index (χ2v) is 7.89. The van der Waals surface area contributed by atoms with Crippen molar-refractivity contribution in [3.05, 3.63) is 76.9 Å². The van der Waals surface area contributed by atoms with Crippen LogP contribution in [0.5, 0.6) is 23.0 Å². The fourth-order valence-electron chi connectivity index (χ4n) is 3.49. The molecule has 3 aromatic carbocycles. The number of rotatable bonds is 8. The van der Waals surface area contributed by atoms with Crippen molar-refractivity contribution in [2.45, 2.75) is 33.1 Å². The number of phenols is 1. The molecule has 0 amide bonds. The lowest BCUT2D eigenvalue weighted by atomic mass is 10.0. The quantitative estimate of drug-likeness (QED) is 0.293. The molecule has 0 spiro atoms. The topological polar surface area (TPSA) is 110 Å². The average molecular weight is 498 g/mol. The molecular weight excluding hydrogens is 477 g/mol. The van der Waals surface area contributed by atoms with Crippen molar-refractivity contribution in [1.29, 1.82) is 0 Å². The number of aromatic hydroxyl groups is 1. The molecule has 36 heavy (non-hydrogen) atoms. The molecule has 0 fully saturated rings. The van der Waals surface area contributed by atoms with Crippen molar-refractivity contribution in [3.8, 4) is 34.4 Å². The number of nitrogens with zero attached hydrogens (tertiary/aromatic N) is 3. The number of phenolic OH excluding ortho intramolecular Hbond substituents is 1. The molecule has 11 heteroatoms. The van der Waals surface area contributed by atoms with Crippen LogP contribution < -0.4 is 9.47 Å². The minimum atomic E-state index is -4.60. The van der Waals surface area contributed by atoms with E-state index < -0.39 is 11.7 Å². The van der Waals surface area contributed by atoms with Crippen LogP contribution in [0.25, 0.3) is 11.4 Å². The first-order chi connectivity index (χ1) is 17.2. The van der Waals surface area contributed by atoms with Crippen molar-refractivity contribution < 1.29 is 32.5 Å². The second-order valence-electron chi connectivity index (χ2n) is 7.89. The average Bonchev–Trinajstić information content (AvgIpc) is 3.39. The molecule has 4 aromatic rings. The van der Waals surface area contributed by atoms with E-state index in [4.69, 9.17) is 9.47 Å². The molecule has 0 bridgehead atoms. The zero-order valence-corrected chi connectivity index (χ0v) is 19.3. The number of carbonyl (C=O) groups is 1. The van der Waals surface area contributed by atoms with E-state index in [2.05, 4.69) is 20.6 Å². The van der Waals surface area contributed by atoms with Crippen LogP contribution in [0.3, 0.4) is 0 Å². The number of tetrazole rings is 1. The van der Waals surface area contributed by atoms with Crippen molar-refractivity contribution >= 4 is 5.78 Å². The zero-order chi connectivity index (χ0) is 25.9. The third-order valence-electron chi connectivity index (χ3n) is 5.38. The Morgan fingerprint density at radius 2 is 1.89 bits per heavy atom. The van der Waals surface area contributed by atoms with Gasteiger partial charge in [0.1, 0.15) is 29.6 Å². The molecule has 1 aromatic heterocycles. The predicted octanol–water partition coefficient (Wildman–Crippen LogP) is 5.86. The highest BCUT2D eigenvalue weighted by Gasteiger charge is 2.32. The Morgan fingerprint density at radius 3 is 2.58 bits per heavy atom. The van der Waals surface area contributed by atoms with Gasteiger partial charge in [-0.25, -0.2) is 5.10 Å². The number of hydrogen-bond acceptors (Lipinski definition) is 7. The van der Waals surface area contributed by atoms with Crippen LogP contribution in [-0.2, 0) is 12.8 Å². The Hall–Kier alpha value is -4.41. The first kappa shape index (κ1) is 24.7. The van der Waals surface area contributed by atoms with Gasteiger partial charge in [0.05, 0.1) is 11.1 Å². The van der Waals surface area contributed by atoms with Gasteiger partial charge in [0.2, 0.25) is 0 Å². The lowest BCUT2D eigenvalue weighted by Crippen LogP contribution is -2.05. The van der Waals surface area contributed by atoms with Gasteiger partial charge in [0.15, 0.2) is 11.6 Å². The van der Waals surface area contributed by atoms with E-state index in [0.29, 0.717) is 22.6 Å². The Kier molecular flexibility index (Phi) is 6.91. The summed E-state index contributed by atoms with van der Waals surface area (Å²) in [6.45, 7) is 3.45. The van der Waals surface area contributed by atoms with Gasteiger partial charge in [-0.1, -0.05) is 19.1 Å². The molecule has 0 aliphatic heterocycles. The maximum atomic E-state index is 13.4. The number of carbonyl (C=O) groups excluding carboxylic acids is 1. The monoisotopic (exact) mass is 498 g/mol. The van der Waals surface area contributed by atoms with Crippen molar-refractivity contribution in [2.24, 2.45) is 0 Å². The molecule has 186 valence electrons. The number of alkyl halides is 3. The lowest BCUT2D eigenvalue weighted by Gasteiger charge is -2.14. The number of aromatic amines is 1. The Balaban J connectivity index is 1.54. The number of Topliss-reactive ketones (excluding diaryl/α,β-unsaturated/α-hetero) is 1. The number of ketones is 1. The molecule has 0 unspecified atom stereocenters. The summed E-state index contributed by atoms with van der Waals surface area (Å²) in [6.07, 6.45) is -4.33. The van der Waals surface area contributed by atoms with Crippen LogP contribution in [0.4, 0.5) is 13.2 Å². The summed E-state index contributed by atoms with van der Waals surface area (Å²) in [4.78, 5) is 11.9. The van der Waals surface area contributed by atoms with E-state index in [1.54, 1.807) is 44.2 Å². The summed E-state index contributed by atoms with van der Waals surface area (Å²) >= 11 is 0. The van der Waals surface area contributed by atoms with E-state index >= 15 is 0 Å². The molecule has 0 aliphatic carbocycles. The third-order valence-corrected chi connectivity index (χ3v) is 5.38. The van der Waals surface area contributed by atoms with E-state index in [-0.39, 0.29) is 47.3 Å². The molecule has 0 saturated carbocycles. The van der Waals surface area contributed by atoms with Crippen LogP contribution in [0.15, 0.2) is 54.6 Å². The maximum absolute atomic E-state index is 13.4. The highest BCUT2D eigenvalue weighted by atomic mass is 19.4. The molecule has 2 N–H and O–H groups in total. The van der Waals surface area contributed by atoms with E-state index in [1.807, 2.05) is 0 Å². The van der Waals surface area contributed by atoms with Gasteiger partial charge in [0, 0.05) is 17.5 Å². The smallest absolute Gasteiger partial charge is 0.416 e. The van der Waals surface area contributed by atoms with Crippen LogP contribution in [0.2, 0.25) is 0 Å². The Labute approximate surface area is 203 Å². The molecular formula is C25H21F3N4O4. The zero-order valence-electron chi connectivity index (χ0n) is 19.3. The fourth-order valence-corrected chi connectivity index (χ4v) is 3.49. The minimum absolute atomic E-state index is 0.0498. The van der Waals surface area contributed by atoms with Gasteiger partial charge >= 0.3 is 6.18 Å². The number of halogens is 3. The van der Waals surface area contributed by atoms with Gasteiger partial charge in [-0.15, -0.1) is 5.10 Å². The summed E-state index contributed by atoms with van der Waals surface area (Å²) in [5, 5.41) is 23.2. The number of ether oxygens (including phenoxy) is 2. The standard InChI is InChI=1S/C25H21F3N4O4/c1-3-21(33)20-7-8-22(14(2)23(20)34)35-13-15-5-4-6-18(9-15)36-19-11-16(24-29-31-32-30-24)10-17(12-19)25(26,27)28/h4-12,34H,3,13H2,1-2H3,(H,29,30,31,32). The molecule has 4 rings (SSSR count).